The van der Waals surface area contributed by atoms with Crippen molar-refractivity contribution in [3.05, 3.63) is 53.6 Å². The zero-order valence-electron chi connectivity index (χ0n) is 12.6. The molecule has 0 aliphatic heterocycles. The number of phenols is 1. The number of amides is 2. The number of aromatic hydroxyl groups is 1. The van der Waals surface area contributed by atoms with E-state index in [1.54, 1.807) is 24.3 Å². The molecule has 7 nitrogen and oxygen atoms in total. The molecule has 0 unspecified atom stereocenters. The molecule has 120 valence electrons. The standard InChI is InChI=1S/C16H16N2O5/c1-22-11-5-3-10(4-6-11)15(20)17-18-16(21)13-9-12(23-2)7-8-14(13)19/h3-9,19H,1-2H3,(H,17,20)(H,18,21). The van der Waals surface area contributed by atoms with Gasteiger partial charge in [0.15, 0.2) is 0 Å². The van der Waals surface area contributed by atoms with E-state index in [9.17, 15) is 14.7 Å². The van der Waals surface area contributed by atoms with Gasteiger partial charge in [0.25, 0.3) is 11.8 Å². The second kappa shape index (κ2) is 7.17. The first-order valence-corrected chi connectivity index (χ1v) is 6.67. The molecular weight excluding hydrogens is 300 g/mol. The molecule has 2 aromatic carbocycles. The summed E-state index contributed by atoms with van der Waals surface area (Å²) in [6.07, 6.45) is 0. The van der Waals surface area contributed by atoms with E-state index in [-0.39, 0.29) is 11.3 Å². The number of benzene rings is 2. The predicted octanol–water partition coefficient (Wildman–Crippen LogP) is 1.48. The van der Waals surface area contributed by atoms with Crippen LogP contribution in [0.25, 0.3) is 0 Å². The molecule has 2 aromatic rings. The van der Waals surface area contributed by atoms with Crippen LogP contribution in [0.3, 0.4) is 0 Å². The maximum absolute atomic E-state index is 12.0. The van der Waals surface area contributed by atoms with Crippen molar-refractivity contribution in [2.75, 3.05) is 14.2 Å². The number of nitrogens with one attached hydrogen (secondary N) is 2. The first kappa shape index (κ1) is 16.2. The van der Waals surface area contributed by atoms with Crippen LogP contribution >= 0.6 is 0 Å². The lowest BCUT2D eigenvalue weighted by molar-refractivity contribution is 0.0845. The van der Waals surface area contributed by atoms with Crippen LogP contribution in [0.2, 0.25) is 0 Å². The number of rotatable bonds is 4. The highest BCUT2D eigenvalue weighted by molar-refractivity contribution is 6.00. The number of hydrogen-bond donors (Lipinski definition) is 3. The third kappa shape index (κ3) is 3.91. The maximum atomic E-state index is 12.0. The summed E-state index contributed by atoms with van der Waals surface area (Å²) in [4.78, 5) is 23.9. The van der Waals surface area contributed by atoms with Crippen LogP contribution in [0.5, 0.6) is 17.2 Å². The number of hydrazine groups is 1. The van der Waals surface area contributed by atoms with Crippen molar-refractivity contribution >= 4 is 11.8 Å². The SMILES string of the molecule is COc1ccc(C(=O)NNC(=O)c2cc(OC)ccc2O)cc1. The molecular formula is C16H16N2O5. The molecule has 0 bridgehead atoms. The zero-order chi connectivity index (χ0) is 16.8. The fraction of sp³-hybridized carbons (Fsp3) is 0.125. The van der Waals surface area contributed by atoms with Crippen LogP contribution in [-0.2, 0) is 0 Å². The van der Waals surface area contributed by atoms with Gasteiger partial charge in [-0.1, -0.05) is 0 Å². The molecule has 0 saturated carbocycles. The number of carbonyl (C=O) groups is 2. The molecule has 0 saturated heterocycles. The Morgan fingerprint density at radius 2 is 1.43 bits per heavy atom. The van der Waals surface area contributed by atoms with Gasteiger partial charge in [0.1, 0.15) is 17.2 Å². The highest BCUT2D eigenvalue weighted by Crippen LogP contribution is 2.22. The molecule has 0 atom stereocenters. The van der Waals surface area contributed by atoms with E-state index in [1.165, 1.54) is 32.4 Å². The van der Waals surface area contributed by atoms with Gasteiger partial charge in [0.05, 0.1) is 19.8 Å². The summed E-state index contributed by atoms with van der Waals surface area (Å²) in [6, 6.07) is 10.6. The molecule has 3 N–H and O–H groups in total. The minimum atomic E-state index is -0.664. The van der Waals surface area contributed by atoms with E-state index < -0.39 is 11.8 Å². The highest BCUT2D eigenvalue weighted by Gasteiger charge is 2.14. The van der Waals surface area contributed by atoms with Crippen LogP contribution in [0, 0.1) is 0 Å². The van der Waals surface area contributed by atoms with Crippen molar-refractivity contribution < 1.29 is 24.2 Å². The topological polar surface area (TPSA) is 96.9 Å². The first-order chi connectivity index (χ1) is 11.0. The summed E-state index contributed by atoms with van der Waals surface area (Å²) in [5, 5.41) is 9.70. The van der Waals surface area contributed by atoms with Gasteiger partial charge in [-0.15, -0.1) is 0 Å². The Morgan fingerprint density at radius 3 is 2.04 bits per heavy atom. The molecule has 0 heterocycles. The van der Waals surface area contributed by atoms with Crippen LogP contribution in [0.4, 0.5) is 0 Å². The van der Waals surface area contributed by atoms with E-state index >= 15 is 0 Å². The van der Waals surface area contributed by atoms with E-state index in [1.807, 2.05) is 0 Å². The average molecular weight is 316 g/mol. The van der Waals surface area contributed by atoms with Crippen LogP contribution < -0.4 is 20.3 Å². The molecule has 23 heavy (non-hydrogen) atoms. The smallest absolute Gasteiger partial charge is 0.273 e. The molecule has 2 rings (SSSR count). The van der Waals surface area contributed by atoms with Gasteiger partial charge in [-0.25, -0.2) is 0 Å². The van der Waals surface area contributed by atoms with Gasteiger partial charge < -0.3 is 14.6 Å². The van der Waals surface area contributed by atoms with Gasteiger partial charge >= 0.3 is 0 Å². The lowest BCUT2D eigenvalue weighted by atomic mass is 10.2. The normalized spacial score (nSPS) is 9.83. The minimum absolute atomic E-state index is 0.0145. The molecule has 0 aliphatic carbocycles. The number of hydrogen-bond acceptors (Lipinski definition) is 5. The van der Waals surface area contributed by atoms with E-state index in [2.05, 4.69) is 10.9 Å². The molecule has 0 radical (unpaired) electrons. The summed E-state index contributed by atoms with van der Waals surface area (Å²) in [5.41, 5.74) is 4.83. The van der Waals surface area contributed by atoms with E-state index in [0.717, 1.165) is 0 Å². The maximum Gasteiger partial charge on any atom is 0.273 e. The number of carbonyl (C=O) groups excluding carboxylic acids is 2. The van der Waals surface area contributed by atoms with Crippen molar-refractivity contribution in [1.82, 2.24) is 10.9 Å². The van der Waals surface area contributed by atoms with Crippen molar-refractivity contribution in [1.29, 1.82) is 0 Å². The van der Waals surface area contributed by atoms with E-state index in [4.69, 9.17) is 9.47 Å². The quantitative estimate of drug-likeness (QED) is 0.743. The second-order valence-electron chi connectivity index (χ2n) is 4.52. The van der Waals surface area contributed by atoms with Crippen molar-refractivity contribution in [2.45, 2.75) is 0 Å². The first-order valence-electron chi connectivity index (χ1n) is 6.67. The Labute approximate surface area is 132 Å². The van der Waals surface area contributed by atoms with Gasteiger partial charge in [0, 0.05) is 5.56 Å². The lowest BCUT2D eigenvalue weighted by Crippen LogP contribution is -2.41. The Balaban J connectivity index is 2.02. The van der Waals surface area contributed by atoms with Gasteiger partial charge in [-0.05, 0) is 42.5 Å². The minimum Gasteiger partial charge on any atom is -0.507 e. The Hall–Kier alpha value is -3.22. The van der Waals surface area contributed by atoms with Crippen LogP contribution in [0.1, 0.15) is 20.7 Å². The summed E-state index contributed by atoms with van der Waals surface area (Å²) in [5.74, 6) is -0.352. The molecule has 2 amide bonds. The fourth-order valence-electron chi connectivity index (χ4n) is 1.82. The molecule has 0 spiro atoms. The Morgan fingerprint density at radius 1 is 0.870 bits per heavy atom. The monoisotopic (exact) mass is 316 g/mol. The lowest BCUT2D eigenvalue weighted by Gasteiger charge is -2.10. The van der Waals surface area contributed by atoms with Gasteiger partial charge in [0.2, 0.25) is 0 Å². The van der Waals surface area contributed by atoms with Crippen molar-refractivity contribution in [3.63, 3.8) is 0 Å². The summed E-state index contributed by atoms with van der Waals surface area (Å²) in [7, 11) is 2.97. The zero-order valence-corrected chi connectivity index (χ0v) is 12.6. The second-order valence-corrected chi connectivity index (χ2v) is 4.52. The Kier molecular flexibility index (Phi) is 5.03. The van der Waals surface area contributed by atoms with Gasteiger partial charge in [-0.3, -0.25) is 20.4 Å². The third-order valence-corrected chi connectivity index (χ3v) is 3.09. The summed E-state index contributed by atoms with van der Waals surface area (Å²) >= 11 is 0. The molecule has 7 heteroatoms. The molecule has 0 fully saturated rings. The van der Waals surface area contributed by atoms with Gasteiger partial charge in [-0.2, -0.15) is 0 Å². The predicted molar refractivity (Wildman–Crippen MR) is 82.6 cm³/mol. The number of phenolic OH excluding ortho intramolecular Hbond substituents is 1. The van der Waals surface area contributed by atoms with E-state index in [0.29, 0.717) is 17.1 Å². The summed E-state index contributed by atoms with van der Waals surface area (Å²) in [6.45, 7) is 0. The van der Waals surface area contributed by atoms with Crippen molar-refractivity contribution in [2.24, 2.45) is 0 Å². The highest BCUT2D eigenvalue weighted by atomic mass is 16.5. The molecule has 0 aliphatic rings. The van der Waals surface area contributed by atoms with Crippen LogP contribution in [0.15, 0.2) is 42.5 Å². The van der Waals surface area contributed by atoms with Crippen LogP contribution in [-0.4, -0.2) is 31.1 Å². The Bertz CT molecular complexity index is 713. The average Bonchev–Trinajstić information content (AvgIpc) is 2.59. The summed E-state index contributed by atoms with van der Waals surface area (Å²) < 4.78 is 9.99. The number of ether oxygens (including phenoxy) is 2. The largest absolute Gasteiger partial charge is 0.507 e. The number of methoxy groups -OCH3 is 2. The third-order valence-electron chi connectivity index (χ3n) is 3.09. The fourth-order valence-corrected chi connectivity index (χ4v) is 1.82. The van der Waals surface area contributed by atoms with Crippen molar-refractivity contribution in [3.8, 4) is 17.2 Å². The molecule has 0 aromatic heterocycles.